The van der Waals surface area contributed by atoms with Crippen molar-refractivity contribution in [2.45, 2.75) is 32.1 Å². The molecular formula is C14H12BrCl2NO. The molecule has 0 amide bonds. The SMILES string of the molecule is CC1(C)CC(=O)Cc2c1[nH]c1c(Cl)c(Cl)cc(Br)c21. The second kappa shape index (κ2) is 4.24. The summed E-state index contributed by atoms with van der Waals surface area (Å²) in [6, 6.07) is 1.78. The van der Waals surface area contributed by atoms with Crippen molar-refractivity contribution in [3.8, 4) is 0 Å². The van der Waals surface area contributed by atoms with E-state index < -0.39 is 0 Å². The normalized spacial score (nSPS) is 17.8. The predicted molar refractivity (Wildman–Crippen MR) is 82.4 cm³/mol. The number of hydrogen-bond donors (Lipinski definition) is 1. The minimum Gasteiger partial charge on any atom is -0.356 e. The highest BCUT2D eigenvalue weighted by atomic mass is 79.9. The van der Waals surface area contributed by atoms with E-state index in [1.165, 1.54) is 0 Å². The van der Waals surface area contributed by atoms with Gasteiger partial charge in [-0.2, -0.15) is 0 Å². The third kappa shape index (κ3) is 1.94. The highest BCUT2D eigenvalue weighted by Gasteiger charge is 2.35. The van der Waals surface area contributed by atoms with E-state index in [0.29, 0.717) is 22.9 Å². The van der Waals surface area contributed by atoms with E-state index in [1.54, 1.807) is 6.07 Å². The van der Waals surface area contributed by atoms with Gasteiger partial charge in [0.15, 0.2) is 0 Å². The molecule has 0 aliphatic heterocycles. The van der Waals surface area contributed by atoms with Crippen LogP contribution in [-0.4, -0.2) is 10.8 Å². The Morgan fingerprint density at radius 2 is 2.05 bits per heavy atom. The summed E-state index contributed by atoms with van der Waals surface area (Å²) >= 11 is 15.9. The van der Waals surface area contributed by atoms with Crippen LogP contribution in [0.15, 0.2) is 10.5 Å². The second-order valence-corrected chi connectivity index (χ2v) is 7.30. The van der Waals surface area contributed by atoms with Crippen LogP contribution in [0, 0.1) is 0 Å². The molecule has 1 aliphatic rings. The number of aromatic nitrogens is 1. The Morgan fingerprint density at radius 3 is 2.74 bits per heavy atom. The summed E-state index contributed by atoms with van der Waals surface area (Å²) < 4.78 is 0.875. The van der Waals surface area contributed by atoms with E-state index in [-0.39, 0.29) is 11.2 Å². The van der Waals surface area contributed by atoms with Crippen molar-refractivity contribution >= 4 is 55.8 Å². The van der Waals surface area contributed by atoms with Crippen molar-refractivity contribution < 1.29 is 4.79 Å². The van der Waals surface area contributed by atoms with E-state index in [9.17, 15) is 4.79 Å². The number of rotatable bonds is 0. The van der Waals surface area contributed by atoms with Crippen molar-refractivity contribution in [2.75, 3.05) is 0 Å². The van der Waals surface area contributed by atoms with Crippen LogP contribution in [0.2, 0.25) is 10.0 Å². The first-order chi connectivity index (χ1) is 8.81. The number of ketones is 1. The van der Waals surface area contributed by atoms with Crippen LogP contribution in [0.1, 0.15) is 31.5 Å². The Bertz CT molecular complexity index is 718. The van der Waals surface area contributed by atoms with Gasteiger partial charge in [-0.25, -0.2) is 0 Å². The molecule has 1 aromatic heterocycles. The van der Waals surface area contributed by atoms with Gasteiger partial charge in [0.1, 0.15) is 5.78 Å². The monoisotopic (exact) mass is 359 g/mol. The molecule has 0 unspecified atom stereocenters. The van der Waals surface area contributed by atoms with Gasteiger partial charge in [0, 0.05) is 33.8 Å². The highest BCUT2D eigenvalue weighted by Crippen LogP contribution is 2.44. The van der Waals surface area contributed by atoms with Crippen molar-refractivity contribution in [3.63, 3.8) is 0 Å². The first-order valence-electron chi connectivity index (χ1n) is 6.01. The molecule has 0 fully saturated rings. The van der Waals surface area contributed by atoms with Gasteiger partial charge in [0.05, 0.1) is 15.6 Å². The number of Topliss-reactive ketones (excluding diaryl/α,β-unsaturated/α-hetero) is 1. The fourth-order valence-electron chi connectivity index (χ4n) is 2.93. The molecule has 1 aliphatic carbocycles. The maximum atomic E-state index is 12.0. The molecule has 0 radical (unpaired) electrons. The smallest absolute Gasteiger partial charge is 0.138 e. The lowest BCUT2D eigenvalue weighted by molar-refractivity contribution is -0.120. The summed E-state index contributed by atoms with van der Waals surface area (Å²) in [7, 11) is 0. The lowest BCUT2D eigenvalue weighted by atomic mass is 9.76. The number of nitrogens with one attached hydrogen (secondary N) is 1. The molecule has 1 heterocycles. The number of aromatic amines is 1. The zero-order chi connectivity index (χ0) is 13.9. The molecule has 3 rings (SSSR count). The molecule has 0 spiro atoms. The maximum Gasteiger partial charge on any atom is 0.138 e. The Balaban J connectivity index is 2.44. The minimum atomic E-state index is -0.196. The van der Waals surface area contributed by atoms with Gasteiger partial charge in [-0.3, -0.25) is 4.79 Å². The second-order valence-electron chi connectivity index (χ2n) is 5.66. The third-order valence-electron chi connectivity index (χ3n) is 3.71. The average Bonchev–Trinajstić information content (AvgIpc) is 2.65. The minimum absolute atomic E-state index is 0.196. The number of carbonyl (C=O) groups excluding carboxylic acids is 1. The van der Waals surface area contributed by atoms with Gasteiger partial charge in [-0.05, 0) is 11.6 Å². The van der Waals surface area contributed by atoms with Gasteiger partial charge >= 0.3 is 0 Å². The summed E-state index contributed by atoms with van der Waals surface area (Å²) in [5.41, 5.74) is 2.75. The van der Waals surface area contributed by atoms with Gasteiger partial charge in [-0.1, -0.05) is 53.0 Å². The van der Waals surface area contributed by atoms with Crippen LogP contribution < -0.4 is 0 Å². The lowest BCUT2D eigenvalue weighted by Gasteiger charge is -2.28. The Morgan fingerprint density at radius 1 is 1.37 bits per heavy atom. The number of hydrogen-bond acceptors (Lipinski definition) is 1. The van der Waals surface area contributed by atoms with Crippen LogP contribution in [-0.2, 0) is 16.6 Å². The Hall–Kier alpha value is -0.510. The van der Waals surface area contributed by atoms with Crippen LogP contribution in [0.25, 0.3) is 10.9 Å². The quantitative estimate of drug-likeness (QED) is 0.656. The summed E-state index contributed by atoms with van der Waals surface area (Å²) in [4.78, 5) is 15.3. The summed E-state index contributed by atoms with van der Waals surface area (Å²) in [6.07, 6.45) is 1.01. The summed E-state index contributed by atoms with van der Waals surface area (Å²) in [5, 5.41) is 1.99. The number of H-pyrrole nitrogens is 1. The average molecular weight is 361 g/mol. The van der Waals surface area contributed by atoms with E-state index in [1.807, 2.05) is 0 Å². The van der Waals surface area contributed by atoms with Gasteiger partial charge in [0.25, 0.3) is 0 Å². The number of halogens is 3. The van der Waals surface area contributed by atoms with E-state index >= 15 is 0 Å². The van der Waals surface area contributed by atoms with Crippen LogP contribution in [0.3, 0.4) is 0 Å². The molecular weight excluding hydrogens is 349 g/mol. The fraction of sp³-hybridized carbons (Fsp3) is 0.357. The molecule has 2 nitrogen and oxygen atoms in total. The standard InChI is InChI=1S/C14H12BrCl2NO/c1-14(2)5-6(19)3-7-10-8(15)4-9(16)11(17)12(10)18-13(7)14/h4,18H,3,5H2,1-2H3. The van der Waals surface area contributed by atoms with Gasteiger partial charge < -0.3 is 4.98 Å². The highest BCUT2D eigenvalue weighted by molar-refractivity contribution is 9.10. The molecule has 0 atom stereocenters. The Kier molecular flexibility index (Phi) is 3.01. The Labute approximate surface area is 129 Å². The predicted octanol–water partition coefficient (Wildman–Crippen LogP) is 5.03. The molecule has 1 N–H and O–H groups in total. The zero-order valence-electron chi connectivity index (χ0n) is 10.5. The summed E-state index contributed by atoms with van der Waals surface area (Å²) in [6.45, 7) is 4.14. The summed E-state index contributed by atoms with van der Waals surface area (Å²) in [5.74, 6) is 0.261. The van der Waals surface area contributed by atoms with Gasteiger partial charge in [0.2, 0.25) is 0 Å². The topological polar surface area (TPSA) is 32.9 Å². The molecule has 1 aromatic carbocycles. The molecule has 0 bridgehead atoms. The number of benzene rings is 1. The van der Waals surface area contributed by atoms with Gasteiger partial charge in [-0.15, -0.1) is 0 Å². The molecule has 0 saturated heterocycles. The van der Waals surface area contributed by atoms with Crippen molar-refractivity contribution in [1.82, 2.24) is 4.98 Å². The molecule has 0 saturated carbocycles. The number of carbonyl (C=O) groups is 1. The lowest BCUT2D eigenvalue weighted by Crippen LogP contribution is -2.29. The molecule has 19 heavy (non-hydrogen) atoms. The van der Waals surface area contributed by atoms with Crippen LogP contribution in [0.5, 0.6) is 0 Å². The molecule has 100 valence electrons. The van der Waals surface area contributed by atoms with Crippen molar-refractivity contribution in [1.29, 1.82) is 0 Å². The molecule has 5 heteroatoms. The number of fused-ring (bicyclic) bond motifs is 3. The zero-order valence-corrected chi connectivity index (χ0v) is 13.6. The van der Waals surface area contributed by atoms with Crippen molar-refractivity contribution in [3.05, 3.63) is 31.8 Å². The first-order valence-corrected chi connectivity index (χ1v) is 7.56. The third-order valence-corrected chi connectivity index (χ3v) is 5.13. The van der Waals surface area contributed by atoms with E-state index in [2.05, 4.69) is 34.8 Å². The van der Waals surface area contributed by atoms with E-state index in [0.717, 1.165) is 26.6 Å². The first kappa shape index (κ1) is 13.5. The van der Waals surface area contributed by atoms with E-state index in [4.69, 9.17) is 23.2 Å². The fourth-order valence-corrected chi connectivity index (χ4v) is 4.13. The van der Waals surface area contributed by atoms with Crippen LogP contribution in [0.4, 0.5) is 0 Å². The van der Waals surface area contributed by atoms with Crippen LogP contribution >= 0.6 is 39.1 Å². The maximum absolute atomic E-state index is 12.0. The van der Waals surface area contributed by atoms with Crippen molar-refractivity contribution in [2.24, 2.45) is 0 Å². The molecule has 2 aromatic rings. The largest absolute Gasteiger partial charge is 0.356 e.